The molecule has 1 saturated carbocycles. The first-order valence-electron chi connectivity index (χ1n) is 13.4. The zero-order valence-corrected chi connectivity index (χ0v) is 22.9. The van der Waals surface area contributed by atoms with E-state index in [1.54, 1.807) is 7.11 Å². The maximum Gasteiger partial charge on any atom is 0.439 e. The molecule has 1 saturated heterocycles. The second-order valence-corrected chi connectivity index (χ2v) is 10.7. The molecule has 3 aromatic heterocycles. The molecule has 6 rings (SSSR count). The summed E-state index contributed by atoms with van der Waals surface area (Å²) in [6, 6.07) is 7.48. The molecular formula is C28H30ClN7O4. The molecule has 1 aliphatic carbocycles. The number of rotatable bonds is 7. The topological polar surface area (TPSA) is 124 Å². The standard InChI is InChI=1S/C28H30ClN7O4/c1-3-17-7-9-18(10-8-17)14-36-23-22(19-5-4-6-20(29)13-19)30-25(26-33-28(37)40-34-26)31-24(23)32-27(36)35-11-12-39-16-21(35)15-38-2/h1,4-6,13,17-18,21H,7-12,14-16H2,2H3,(H,33,34,37). The zero-order valence-electron chi connectivity index (χ0n) is 22.2. The molecule has 12 heteroatoms. The van der Waals surface area contributed by atoms with E-state index in [0.717, 1.165) is 49.3 Å². The van der Waals surface area contributed by atoms with Crippen molar-refractivity contribution in [3.63, 3.8) is 0 Å². The number of imidazole rings is 1. The number of terminal acetylenes is 1. The van der Waals surface area contributed by atoms with E-state index in [2.05, 4.69) is 25.5 Å². The van der Waals surface area contributed by atoms with Gasteiger partial charge in [-0.15, -0.1) is 12.3 Å². The summed E-state index contributed by atoms with van der Waals surface area (Å²) in [5.41, 5.74) is 2.71. The number of nitrogens with one attached hydrogen (secondary N) is 1. The Balaban J connectivity index is 1.55. The molecule has 1 unspecified atom stereocenters. The normalized spacial score (nSPS) is 21.5. The summed E-state index contributed by atoms with van der Waals surface area (Å²) >= 11 is 6.42. The van der Waals surface area contributed by atoms with Gasteiger partial charge in [0, 0.05) is 36.7 Å². The molecule has 2 fully saturated rings. The van der Waals surface area contributed by atoms with Gasteiger partial charge in [0.05, 0.1) is 25.9 Å². The van der Waals surface area contributed by atoms with Crippen LogP contribution in [0.1, 0.15) is 25.7 Å². The summed E-state index contributed by atoms with van der Waals surface area (Å²) in [6.07, 6.45) is 9.81. The van der Waals surface area contributed by atoms with Gasteiger partial charge in [0.15, 0.2) is 5.65 Å². The van der Waals surface area contributed by atoms with Crippen LogP contribution in [-0.4, -0.2) is 69.2 Å². The summed E-state index contributed by atoms with van der Waals surface area (Å²) in [6.45, 7) is 2.99. The molecule has 2 aliphatic rings. The maximum absolute atomic E-state index is 11.7. The van der Waals surface area contributed by atoms with Crippen molar-refractivity contribution in [2.24, 2.45) is 11.8 Å². The highest BCUT2D eigenvalue weighted by Gasteiger charge is 2.32. The van der Waals surface area contributed by atoms with Crippen molar-refractivity contribution in [1.82, 2.24) is 29.7 Å². The second kappa shape index (κ2) is 11.4. The van der Waals surface area contributed by atoms with Crippen molar-refractivity contribution in [3.05, 3.63) is 39.8 Å². The Labute approximate surface area is 235 Å². The van der Waals surface area contributed by atoms with Gasteiger partial charge in [0.2, 0.25) is 17.6 Å². The van der Waals surface area contributed by atoms with Crippen LogP contribution in [0.15, 0.2) is 33.6 Å². The molecule has 1 aliphatic heterocycles. The molecule has 208 valence electrons. The van der Waals surface area contributed by atoms with Crippen molar-refractivity contribution in [2.75, 3.05) is 38.4 Å². The number of hydrogen-bond donors (Lipinski definition) is 1. The quantitative estimate of drug-likeness (QED) is 0.334. The first-order valence-corrected chi connectivity index (χ1v) is 13.8. The lowest BCUT2D eigenvalue weighted by molar-refractivity contribution is 0.0589. The van der Waals surface area contributed by atoms with Gasteiger partial charge >= 0.3 is 5.76 Å². The van der Waals surface area contributed by atoms with Crippen LogP contribution < -0.4 is 10.7 Å². The molecule has 40 heavy (non-hydrogen) atoms. The largest absolute Gasteiger partial charge is 0.439 e. The molecule has 4 heterocycles. The van der Waals surface area contributed by atoms with Crippen molar-refractivity contribution in [2.45, 2.75) is 38.3 Å². The molecule has 0 radical (unpaired) electrons. The van der Waals surface area contributed by atoms with E-state index < -0.39 is 5.76 Å². The lowest BCUT2D eigenvalue weighted by atomic mass is 9.82. The number of anilines is 1. The van der Waals surface area contributed by atoms with Crippen molar-refractivity contribution in [3.8, 4) is 35.2 Å². The SMILES string of the molecule is C#CC1CCC(Cn2c(N3CCOCC3COC)nc3nc(-c4noc(=O)[nH]4)nc(-c4cccc(Cl)c4)c32)CC1. The number of fused-ring (bicyclic) bond motifs is 1. The predicted molar refractivity (Wildman–Crippen MR) is 150 cm³/mol. The van der Waals surface area contributed by atoms with Crippen LogP contribution in [-0.2, 0) is 16.0 Å². The predicted octanol–water partition coefficient (Wildman–Crippen LogP) is 3.78. The summed E-state index contributed by atoms with van der Waals surface area (Å²) in [5, 5.41) is 4.40. The smallest absolute Gasteiger partial charge is 0.382 e. The Morgan fingerprint density at radius 2 is 2.08 bits per heavy atom. The second-order valence-electron chi connectivity index (χ2n) is 10.3. The number of aromatic nitrogens is 6. The van der Waals surface area contributed by atoms with Gasteiger partial charge in [0.1, 0.15) is 11.2 Å². The number of halogens is 1. The number of benzene rings is 1. The minimum Gasteiger partial charge on any atom is -0.382 e. The van der Waals surface area contributed by atoms with Gasteiger partial charge in [-0.1, -0.05) is 28.9 Å². The van der Waals surface area contributed by atoms with Gasteiger partial charge < -0.3 is 18.9 Å². The van der Waals surface area contributed by atoms with Gasteiger partial charge in [-0.2, -0.15) is 4.98 Å². The van der Waals surface area contributed by atoms with E-state index in [-0.39, 0.29) is 17.7 Å². The molecule has 1 N–H and O–H groups in total. The third kappa shape index (κ3) is 5.22. The fourth-order valence-electron chi connectivity index (χ4n) is 5.70. The van der Waals surface area contributed by atoms with E-state index >= 15 is 0 Å². The Kier molecular flexibility index (Phi) is 7.56. The number of H-pyrrole nitrogens is 1. The van der Waals surface area contributed by atoms with Gasteiger partial charge in [-0.05, 0) is 43.7 Å². The third-order valence-electron chi connectivity index (χ3n) is 7.70. The molecule has 11 nitrogen and oxygen atoms in total. The van der Waals surface area contributed by atoms with Gasteiger partial charge in [-0.25, -0.2) is 14.8 Å². The first kappa shape index (κ1) is 26.5. The molecule has 1 aromatic carbocycles. The van der Waals surface area contributed by atoms with Crippen LogP contribution in [0.4, 0.5) is 5.95 Å². The van der Waals surface area contributed by atoms with E-state index in [1.807, 2.05) is 24.3 Å². The van der Waals surface area contributed by atoms with E-state index in [9.17, 15) is 4.79 Å². The fraction of sp³-hybridized carbons (Fsp3) is 0.464. The highest BCUT2D eigenvalue weighted by molar-refractivity contribution is 6.30. The van der Waals surface area contributed by atoms with Crippen LogP contribution in [0.2, 0.25) is 5.02 Å². The van der Waals surface area contributed by atoms with Crippen molar-refractivity contribution in [1.29, 1.82) is 0 Å². The number of methoxy groups -OCH3 is 1. The van der Waals surface area contributed by atoms with E-state index in [4.69, 9.17) is 47.0 Å². The molecular weight excluding hydrogens is 534 g/mol. The lowest BCUT2D eigenvalue weighted by Gasteiger charge is -2.37. The first-order chi connectivity index (χ1) is 19.5. The number of ether oxygens (including phenoxy) is 2. The van der Waals surface area contributed by atoms with Crippen LogP contribution in [0.3, 0.4) is 0 Å². The highest BCUT2D eigenvalue weighted by Crippen LogP contribution is 2.37. The van der Waals surface area contributed by atoms with E-state index in [0.29, 0.717) is 54.6 Å². The Bertz CT molecular complexity index is 1600. The Hall–Kier alpha value is -3.72. The highest BCUT2D eigenvalue weighted by atomic mass is 35.5. The van der Waals surface area contributed by atoms with Crippen LogP contribution in [0.25, 0.3) is 34.1 Å². The Morgan fingerprint density at radius 3 is 2.80 bits per heavy atom. The maximum atomic E-state index is 11.7. The molecule has 0 amide bonds. The number of aromatic amines is 1. The minimum atomic E-state index is -0.687. The molecule has 4 aromatic rings. The van der Waals surface area contributed by atoms with Crippen LogP contribution in [0, 0.1) is 24.2 Å². The average Bonchev–Trinajstić information content (AvgIpc) is 3.57. The van der Waals surface area contributed by atoms with Gasteiger partial charge in [-0.3, -0.25) is 9.51 Å². The molecule has 0 bridgehead atoms. The number of morpholine rings is 1. The van der Waals surface area contributed by atoms with Crippen LogP contribution in [0.5, 0.6) is 0 Å². The fourth-order valence-corrected chi connectivity index (χ4v) is 5.89. The lowest BCUT2D eigenvalue weighted by Crippen LogP contribution is -2.49. The summed E-state index contributed by atoms with van der Waals surface area (Å²) < 4.78 is 18.3. The van der Waals surface area contributed by atoms with E-state index in [1.165, 1.54) is 0 Å². The van der Waals surface area contributed by atoms with Gasteiger partial charge in [0.25, 0.3) is 0 Å². The summed E-state index contributed by atoms with van der Waals surface area (Å²) in [4.78, 5) is 31.2. The number of hydrogen-bond acceptors (Lipinski definition) is 9. The summed E-state index contributed by atoms with van der Waals surface area (Å²) in [7, 11) is 1.69. The summed E-state index contributed by atoms with van der Waals surface area (Å²) in [5.74, 6) is 4.10. The van der Waals surface area contributed by atoms with Crippen LogP contribution >= 0.6 is 11.6 Å². The monoisotopic (exact) mass is 563 g/mol. The zero-order chi connectivity index (χ0) is 27.6. The Morgan fingerprint density at radius 1 is 1.23 bits per heavy atom. The third-order valence-corrected chi connectivity index (χ3v) is 7.93. The molecule has 1 atom stereocenters. The van der Waals surface area contributed by atoms with Crippen molar-refractivity contribution < 1.29 is 14.0 Å². The number of nitrogens with zero attached hydrogens (tertiary/aromatic N) is 6. The average molecular weight is 564 g/mol. The molecule has 0 spiro atoms. The van der Waals surface area contributed by atoms with Crippen molar-refractivity contribution >= 4 is 28.7 Å². The minimum absolute atomic E-state index is 0.0135.